The summed E-state index contributed by atoms with van der Waals surface area (Å²) in [7, 11) is 1.57. The quantitative estimate of drug-likeness (QED) is 0.752. The van der Waals surface area contributed by atoms with Gasteiger partial charge >= 0.3 is 0 Å². The van der Waals surface area contributed by atoms with E-state index >= 15 is 0 Å². The number of methoxy groups -OCH3 is 1. The minimum atomic E-state index is -1.07. The van der Waals surface area contributed by atoms with Crippen LogP contribution < -0.4 is 10.6 Å². The molecule has 0 atom stereocenters. The van der Waals surface area contributed by atoms with Crippen LogP contribution in [0.1, 0.15) is 27.4 Å². The summed E-state index contributed by atoms with van der Waals surface area (Å²) in [5.41, 5.74) is 0.143. The molecule has 0 aliphatic heterocycles. The van der Waals surface area contributed by atoms with Crippen LogP contribution in [-0.2, 0) is 4.74 Å². The summed E-state index contributed by atoms with van der Waals surface area (Å²) in [5.74, 6) is -3.14. The minimum absolute atomic E-state index is 0.0192. The van der Waals surface area contributed by atoms with Crippen molar-refractivity contribution in [3.8, 4) is 0 Å². The molecule has 2 amide bonds. The molecular formula is C17H17F2N3O3. The molecule has 0 saturated carbocycles. The second-order valence-electron chi connectivity index (χ2n) is 5.09. The molecule has 0 unspecified atom stereocenters. The molecular weight excluding hydrogens is 332 g/mol. The van der Waals surface area contributed by atoms with Crippen molar-refractivity contribution >= 4 is 17.5 Å². The van der Waals surface area contributed by atoms with Crippen molar-refractivity contribution < 1.29 is 23.1 Å². The number of aromatic nitrogens is 1. The van der Waals surface area contributed by atoms with Gasteiger partial charge in [0.2, 0.25) is 0 Å². The van der Waals surface area contributed by atoms with E-state index in [0.29, 0.717) is 19.6 Å². The molecule has 0 bridgehead atoms. The molecule has 0 aliphatic rings. The van der Waals surface area contributed by atoms with Crippen LogP contribution >= 0.6 is 0 Å². The standard InChI is InChI=1S/C17H17F2N3O3/c1-25-9-3-8-20-16(23)14-4-2-5-15(22-14)17(24)21-11-6-7-12(18)13(19)10-11/h2,4-7,10H,3,8-9H2,1H3,(H,20,23)(H,21,24). The van der Waals surface area contributed by atoms with Gasteiger partial charge in [0.15, 0.2) is 11.6 Å². The first-order chi connectivity index (χ1) is 12.0. The fraction of sp³-hybridized carbons (Fsp3) is 0.235. The Labute approximate surface area is 143 Å². The van der Waals surface area contributed by atoms with Crippen LogP contribution in [0.3, 0.4) is 0 Å². The van der Waals surface area contributed by atoms with E-state index in [9.17, 15) is 18.4 Å². The van der Waals surface area contributed by atoms with E-state index in [1.54, 1.807) is 7.11 Å². The number of halogens is 2. The number of nitrogens with zero attached hydrogens (tertiary/aromatic N) is 1. The second-order valence-corrected chi connectivity index (χ2v) is 5.09. The van der Waals surface area contributed by atoms with E-state index in [0.717, 1.165) is 12.1 Å². The van der Waals surface area contributed by atoms with Gasteiger partial charge in [-0.25, -0.2) is 13.8 Å². The number of carbonyl (C=O) groups is 2. The number of anilines is 1. The van der Waals surface area contributed by atoms with Crippen LogP contribution in [0.5, 0.6) is 0 Å². The van der Waals surface area contributed by atoms with Crippen LogP contribution in [0.25, 0.3) is 0 Å². The molecule has 1 aromatic heterocycles. The summed E-state index contributed by atoms with van der Waals surface area (Å²) in [6, 6.07) is 7.39. The van der Waals surface area contributed by atoms with Crippen molar-refractivity contribution in [2.24, 2.45) is 0 Å². The van der Waals surface area contributed by atoms with E-state index < -0.39 is 23.4 Å². The summed E-state index contributed by atoms with van der Waals surface area (Å²) >= 11 is 0. The van der Waals surface area contributed by atoms with Crippen LogP contribution in [0, 0.1) is 11.6 Å². The van der Waals surface area contributed by atoms with Crippen molar-refractivity contribution in [2.45, 2.75) is 6.42 Å². The molecule has 1 aromatic carbocycles. The molecule has 0 saturated heterocycles. The highest BCUT2D eigenvalue weighted by molar-refractivity contribution is 6.03. The maximum absolute atomic E-state index is 13.2. The summed E-state index contributed by atoms with van der Waals surface area (Å²) < 4.78 is 31.0. The molecule has 6 nitrogen and oxygen atoms in total. The first-order valence-corrected chi connectivity index (χ1v) is 7.52. The number of rotatable bonds is 7. The van der Waals surface area contributed by atoms with Gasteiger partial charge in [0.05, 0.1) is 0 Å². The monoisotopic (exact) mass is 349 g/mol. The van der Waals surface area contributed by atoms with E-state index in [1.807, 2.05) is 0 Å². The number of hydrogen-bond donors (Lipinski definition) is 2. The van der Waals surface area contributed by atoms with Gasteiger partial charge in [-0.05, 0) is 30.7 Å². The normalized spacial score (nSPS) is 10.4. The smallest absolute Gasteiger partial charge is 0.274 e. The van der Waals surface area contributed by atoms with Gasteiger partial charge < -0.3 is 15.4 Å². The molecule has 2 N–H and O–H groups in total. The predicted molar refractivity (Wildman–Crippen MR) is 87.4 cm³/mol. The van der Waals surface area contributed by atoms with Gasteiger partial charge in [0.1, 0.15) is 11.4 Å². The molecule has 25 heavy (non-hydrogen) atoms. The van der Waals surface area contributed by atoms with Crippen LogP contribution in [0.15, 0.2) is 36.4 Å². The summed E-state index contributed by atoms with van der Waals surface area (Å²) in [6.45, 7) is 0.935. The third kappa shape index (κ3) is 5.32. The van der Waals surface area contributed by atoms with Crippen molar-refractivity contribution in [1.29, 1.82) is 0 Å². The predicted octanol–water partition coefficient (Wildman–Crippen LogP) is 2.38. The van der Waals surface area contributed by atoms with E-state index in [4.69, 9.17) is 4.74 Å². The Morgan fingerprint density at radius 3 is 2.48 bits per heavy atom. The molecule has 0 aliphatic carbocycles. The lowest BCUT2D eigenvalue weighted by molar-refractivity contribution is 0.0943. The molecule has 0 radical (unpaired) electrons. The number of ether oxygens (including phenoxy) is 1. The third-order valence-electron chi connectivity index (χ3n) is 3.20. The Morgan fingerprint density at radius 1 is 1.08 bits per heavy atom. The lowest BCUT2D eigenvalue weighted by Crippen LogP contribution is -2.27. The van der Waals surface area contributed by atoms with Gasteiger partial charge in [0.25, 0.3) is 11.8 Å². The number of nitrogens with one attached hydrogen (secondary N) is 2. The van der Waals surface area contributed by atoms with E-state index in [2.05, 4.69) is 15.6 Å². The van der Waals surface area contributed by atoms with Gasteiger partial charge in [0, 0.05) is 32.0 Å². The summed E-state index contributed by atoms with van der Waals surface area (Å²) in [5, 5.41) is 5.05. The van der Waals surface area contributed by atoms with Crippen LogP contribution in [0.4, 0.5) is 14.5 Å². The Hall–Kier alpha value is -2.87. The maximum Gasteiger partial charge on any atom is 0.274 e. The summed E-state index contributed by atoms with van der Waals surface area (Å²) in [6.07, 6.45) is 0.651. The Morgan fingerprint density at radius 2 is 1.80 bits per heavy atom. The maximum atomic E-state index is 13.2. The molecule has 2 aromatic rings. The number of amides is 2. The number of hydrogen-bond acceptors (Lipinski definition) is 4. The average Bonchev–Trinajstić information content (AvgIpc) is 2.62. The molecule has 0 fully saturated rings. The number of carbonyl (C=O) groups excluding carboxylic acids is 2. The highest BCUT2D eigenvalue weighted by Crippen LogP contribution is 2.14. The minimum Gasteiger partial charge on any atom is -0.385 e. The first-order valence-electron chi connectivity index (χ1n) is 7.52. The van der Waals surface area contributed by atoms with Crippen LogP contribution in [0.2, 0.25) is 0 Å². The lowest BCUT2D eigenvalue weighted by atomic mass is 10.2. The van der Waals surface area contributed by atoms with Gasteiger partial charge in [-0.3, -0.25) is 9.59 Å². The molecule has 8 heteroatoms. The fourth-order valence-electron chi connectivity index (χ4n) is 1.97. The zero-order valence-corrected chi connectivity index (χ0v) is 13.5. The van der Waals surface area contributed by atoms with Gasteiger partial charge in [-0.1, -0.05) is 6.07 Å². The zero-order chi connectivity index (χ0) is 18.2. The molecule has 1 heterocycles. The fourth-order valence-corrected chi connectivity index (χ4v) is 1.97. The largest absolute Gasteiger partial charge is 0.385 e. The molecule has 2 rings (SSSR count). The number of pyridine rings is 1. The molecule has 0 spiro atoms. The second kappa shape index (κ2) is 8.84. The molecule has 132 valence electrons. The van der Waals surface area contributed by atoms with Crippen molar-refractivity contribution in [1.82, 2.24) is 10.3 Å². The van der Waals surface area contributed by atoms with Crippen molar-refractivity contribution in [2.75, 3.05) is 25.6 Å². The zero-order valence-electron chi connectivity index (χ0n) is 13.5. The topological polar surface area (TPSA) is 80.3 Å². The van der Waals surface area contributed by atoms with E-state index in [1.165, 1.54) is 24.3 Å². The highest BCUT2D eigenvalue weighted by Gasteiger charge is 2.13. The first kappa shape index (κ1) is 18.5. The average molecular weight is 349 g/mol. The SMILES string of the molecule is COCCCNC(=O)c1cccc(C(=O)Nc2ccc(F)c(F)c2)n1. The third-order valence-corrected chi connectivity index (χ3v) is 3.20. The summed E-state index contributed by atoms with van der Waals surface area (Å²) in [4.78, 5) is 28.1. The Balaban J connectivity index is 2.03. The Kier molecular flexibility index (Phi) is 6.53. The lowest BCUT2D eigenvalue weighted by Gasteiger charge is -2.07. The highest BCUT2D eigenvalue weighted by atomic mass is 19.2. The Bertz CT molecular complexity index is 769. The van der Waals surface area contributed by atoms with Gasteiger partial charge in [-0.15, -0.1) is 0 Å². The van der Waals surface area contributed by atoms with Crippen molar-refractivity contribution in [3.63, 3.8) is 0 Å². The van der Waals surface area contributed by atoms with E-state index in [-0.39, 0.29) is 17.1 Å². The van der Waals surface area contributed by atoms with Gasteiger partial charge in [-0.2, -0.15) is 0 Å². The van der Waals surface area contributed by atoms with Crippen molar-refractivity contribution in [3.05, 3.63) is 59.4 Å². The van der Waals surface area contributed by atoms with Crippen LogP contribution in [-0.4, -0.2) is 37.1 Å². The number of benzene rings is 1.